The van der Waals surface area contributed by atoms with Crippen molar-refractivity contribution in [3.63, 3.8) is 0 Å². The predicted octanol–water partition coefficient (Wildman–Crippen LogP) is 9.27. The number of carbonyl (C=O) groups excluding carboxylic acids is 2. The summed E-state index contributed by atoms with van der Waals surface area (Å²) in [7, 11) is -2.41. The lowest BCUT2D eigenvalue weighted by Crippen LogP contribution is -2.53. The Morgan fingerprint density at radius 1 is 1.23 bits per heavy atom. The zero-order valence-electron chi connectivity index (χ0n) is 28.7. The second kappa shape index (κ2) is 14.5. The lowest BCUT2D eigenvalue weighted by atomic mass is 9.71. The molecule has 5 atom stereocenters. The maximum Gasteiger partial charge on any atom is 0.309 e. The summed E-state index contributed by atoms with van der Waals surface area (Å²) >= 11 is 1.65. The molecule has 0 bridgehead atoms. The van der Waals surface area contributed by atoms with Crippen LogP contribution in [0.15, 0.2) is 42.5 Å². The lowest BCUT2D eigenvalue weighted by molar-refractivity contribution is -0.155. The van der Waals surface area contributed by atoms with Crippen molar-refractivity contribution in [2.75, 3.05) is 0 Å². The molecular weight excluding hydrogens is 587 g/mol. The normalized spacial score (nSPS) is 26.7. The molecule has 1 aliphatic rings. The zero-order chi connectivity index (χ0) is 33.0. The van der Waals surface area contributed by atoms with Gasteiger partial charge in [0.15, 0.2) is 8.32 Å². The van der Waals surface area contributed by atoms with Gasteiger partial charge in [-0.15, -0.1) is 17.9 Å². The maximum atomic E-state index is 14.4. The first kappa shape index (κ1) is 36.3. The highest BCUT2D eigenvalue weighted by molar-refractivity contribution is 7.18. The molecule has 6 nitrogen and oxygen atoms in total. The van der Waals surface area contributed by atoms with Crippen molar-refractivity contribution in [3.8, 4) is 0 Å². The van der Waals surface area contributed by atoms with Gasteiger partial charge in [-0.05, 0) is 81.3 Å². The van der Waals surface area contributed by atoms with E-state index < -0.39 is 43.9 Å². The summed E-state index contributed by atoms with van der Waals surface area (Å²) in [4.78, 5) is 32.9. The van der Waals surface area contributed by atoms with E-state index in [2.05, 4.69) is 64.5 Å². The smallest absolute Gasteiger partial charge is 0.309 e. The van der Waals surface area contributed by atoms with Crippen LogP contribution in [0.4, 0.5) is 0 Å². The summed E-state index contributed by atoms with van der Waals surface area (Å²) in [6.45, 7) is 24.5. The molecule has 0 unspecified atom stereocenters. The van der Waals surface area contributed by atoms with Gasteiger partial charge in [0, 0.05) is 17.8 Å². The quantitative estimate of drug-likeness (QED) is 0.199. The van der Waals surface area contributed by atoms with Crippen LogP contribution in [0.1, 0.15) is 104 Å². The Hall–Kier alpha value is -2.13. The van der Waals surface area contributed by atoms with Gasteiger partial charge in [-0.25, -0.2) is 4.98 Å². The minimum Gasteiger partial charge on any atom is -0.457 e. The van der Waals surface area contributed by atoms with Gasteiger partial charge in [0.05, 0.1) is 33.9 Å². The van der Waals surface area contributed by atoms with E-state index in [0.29, 0.717) is 12.8 Å². The largest absolute Gasteiger partial charge is 0.457 e. The van der Waals surface area contributed by atoms with Crippen LogP contribution in [0.5, 0.6) is 0 Å². The van der Waals surface area contributed by atoms with Crippen LogP contribution in [0.2, 0.25) is 18.1 Å². The fourth-order valence-corrected chi connectivity index (χ4v) is 8.00. The second-order valence-corrected chi connectivity index (χ2v) is 20.9. The van der Waals surface area contributed by atoms with Gasteiger partial charge in [-0.2, -0.15) is 0 Å². The summed E-state index contributed by atoms with van der Waals surface area (Å²) in [5, 5.41) is 12.3. The Balaban J connectivity index is 2.08. The molecule has 0 amide bonds. The van der Waals surface area contributed by atoms with Crippen molar-refractivity contribution >= 4 is 41.6 Å². The van der Waals surface area contributed by atoms with E-state index in [1.165, 1.54) is 5.57 Å². The van der Waals surface area contributed by atoms with E-state index in [9.17, 15) is 14.7 Å². The van der Waals surface area contributed by atoms with Crippen molar-refractivity contribution in [2.45, 2.75) is 130 Å². The Kier molecular flexibility index (Phi) is 12.0. The van der Waals surface area contributed by atoms with Gasteiger partial charge < -0.3 is 14.3 Å². The van der Waals surface area contributed by atoms with Crippen molar-refractivity contribution < 1.29 is 23.9 Å². The van der Waals surface area contributed by atoms with Crippen molar-refractivity contribution in [1.82, 2.24) is 4.98 Å². The number of ketones is 1. The zero-order valence-corrected chi connectivity index (χ0v) is 30.5. The molecule has 0 saturated carbocycles. The number of carbonyl (C=O) groups is 2. The average Bonchev–Trinajstić information content (AvgIpc) is 3.30. The molecular formula is C36H55NO5SSi. The van der Waals surface area contributed by atoms with E-state index in [0.717, 1.165) is 40.1 Å². The SMILES string of the molecule is C=CC[C@H]1C(=O)C(C)(C)[C@@H](O[Si](C)(C)C(C)(C)C)CC(=O)O[C@H](c2ccc3sc(C)nc3c2)CC=C(C)CCC[C@H](C)[C@@H]1O. The average molecular weight is 642 g/mol. The number of aromatic nitrogens is 1. The van der Waals surface area contributed by atoms with Gasteiger partial charge in [0.1, 0.15) is 11.9 Å². The monoisotopic (exact) mass is 641 g/mol. The number of ether oxygens (including phenoxy) is 1. The molecule has 2 heterocycles. The third-order valence-electron chi connectivity index (χ3n) is 9.86. The Morgan fingerprint density at radius 3 is 2.55 bits per heavy atom. The number of esters is 1. The lowest BCUT2D eigenvalue weighted by Gasteiger charge is -2.44. The number of hydrogen-bond acceptors (Lipinski definition) is 7. The number of aliphatic hydroxyl groups excluding tert-OH is 1. The number of rotatable bonds is 5. The molecule has 1 aromatic heterocycles. The van der Waals surface area contributed by atoms with Crippen molar-refractivity contribution in [3.05, 3.63) is 53.1 Å². The van der Waals surface area contributed by atoms with E-state index in [4.69, 9.17) is 9.16 Å². The van der Waals surface area contributed by atoms with Crippen molar-refractivity contribution in [1.29, 1.82) is 0 Å². The number of cyclic esters (lactones) is 1. The molecule has 244 valence electrons. The standard InChI is InChI=1S/C36H55NO5SSi/c1-12-14-27-33(39)24(3)16-13-15-23(2)17-19-29(26-18-20-30-28(21-26)37-25(4)43-30)41-32(38)22-31(36(8,9)34(27)40)42-44(10,11)35(5,6)7/h12,17-18,20-21,24,27,29,31,33,39H,1,13-16,19,22H2,2-11H3/t24-,27+,29-,31-,33-/m0/s1. The molecule has 0 saturated heterocycles. The number of benzene rings is 1. The van der Waals surface area contributed by atoms with Crippen LogP contribution in [0.25, 0.3) is 10.2 Å². The van der Waals surface area contributed by atoms with Gasteiger partial charge in [-0.1, -0.05) is 65.3 Å². The first-order valence-corrected chi connectivity index (χ1v) is 19.8. The number of thiazole rings is 1. The Labute approximate surface area is 270 Å². The van der Waals surface area contributed by atoms with Crippen LogP contribution in [-0.2, 0) is 18.8 Å². The van der Waals surface area contributed by atoms with Crippen LogP contribution >= 0.6 is 11.3 Å². The topological polar surface area (TPSA) is 85.7 Å². The number of hydrogen-bond donors (Lipinski definition) is 1. The van der Waals surface area contributed by atoms with E-state index in [-0.39, 0.29) is 23.2 Å². The summed E-state index contributed by atoms with van der Waals surface area (Å²) in [6.07, 6.45) is 5.28. The van der Waals surface area contributed by atoms with Gasteiger partial charge >= 0.3 is 5.97 Å². The summed E-state index contributed by atoms with van der Waals surface area (Å²) in [6, 6.07) is 6.11. The fourth-order valence-electron chi connectivity index (χ4n) is 5.74. The van der Waals surface area contributed by atoms with Crippen molar-refractivity contribution in [2.24, 2.45) is 17.3 Å². The number of fused-ring (bicyclic) bond motifs is 1. The summed E-state index contributed by atoms with van der Waals surface area (Å²) in [5.74, 6) is -1.20. The molecule has 0 spiro atoms. The molecule has 0 fully saturated rings. The van der Waals surface area contributed by atoms with E-state index >= 15 is 0 Å². The van der Waals surface area contributed by atoms with Gasteiger partial charge in [0.25, 0.3) is 0 Å². The molecule has 2 aromatic rings. The predicted molar refractivity (Wildman–Crippen MR) is 184 cm³/mol. The van der Waals surface area contributed by atoms with Crippen LogP contribution in [-0.4, -0.2) is 42.4 Å². The third-order valence-corrected chi connectivity index (χ3v) is 15.3. The Morgan fingerprint density at radius 2 is 1.91 bits per heavy atom. The summed E-state index contributed by atoms with van der Waals surface area (Å²) < 4.78 is 14.3. The molecule has 1 aliphatic heterocycles. The van der Waals surface area contributed by atoms with Gasteiger partial charge in [0.2, 0.25) is 0 Å². The van der Waals surface area contributed by atoms with Gasteiger partial charge in [-0.3, -0.25) is 9.59 Å². The highest BCUT2D eigenvalue weighted by atomic mass is 32.1. The molecule has 3 rings (SSSR count). The first-order chi connectivity index (χ1) is 20.4. The highest BCUT2D eigenvalue weighted by Crippen LogP contribution is 2.43. The van der Waals surface area contributed by atoms with E-state index in [1.54, 1.807) is 17.4 Å². The maximum absolute atomic E-state index is 14.4. The Bertz CT molecular complexity index is 1350. The second-order valence-electron chi connectivity index (χ2n) is 14.9. The van der Waals surface area contributed by atoms with Crippen LogP contribution in [0.3, 0.4) is 0 Å². The molecule has 0 radical (unpaired) electrons. The number of aryl methyl sites for hydroxylation is 1. The number of Topliss-reactive ketones (excluding diaryl/α,β-unsaturated/α-hetero) is 1. The van der Waals surface area contributed by atoms with Crippen LogP contribution in [0, 0.1) is 24.2 Å². The molecule has 0 aliphatic carbocycles. The number of nitrogens with zero attached hydrogens (tertiary/aromatic N) is 1. The minimum absolute atomic E-state index is 0.0606. The molecule has 44 heavy (non-hydrogen) atoms. The molecule has 8 heteroatoms. The molecule has 1 N–H and O–H groups in total. The number of allylic oxidation sites excluding steroid dienone is 2. The number of aliphatic hydroxyl groups is 1. The van der Waals surface area contributed by atoms with E-state index in [1.807, 2.05) is 39.8 Å². The fraction of sp³-hybridized carbons (Fsp3) is 0.639. The highest BCUT2D eigenvalue weighted by Gasteiger charge is 2.49. The summed E-state index contributed by atoms with van der Waals surface area (Å²) in [5.41, 5.74) is 1.97. The third kappa shape index (κ3) is 8.77. The van der Waals surface area contributed by atoms with Crippen LogP contribution < -0.4 is 0 Å². The first-order valence-electron chi connectivity index (χ1n) is 16.1. The molecule has 1 aromatic carbocycles. The minimum atomic E-state index is -2.41.